The number of hydrogen-bond donors (Lipinski definition) is 2. The first-order chi connectivity index (χ1) is 8.09. The minimum absolute atomic E-state index is 0.0700. The molecule has 3 heteroatoms. The number of nitrogens with two attached hydrogens (primary N) is 1. The lowest BCUT2D eigenvalue weighted by Crippen LogP contribution is -2.41. The highest BCUT2D eigenvalue weighted by molar-refractivity contribution is 5.81. The molecule has 1 aromatic rings. The van der Waals surface area contributed by atoms with Gasteiger partial charge in [0.2, 0.25) is 5.91 Å². The molecule has 1 aliphatic carbocycles. The van der Waals surface area contributed by atoms with Crippen molar-refractivity contribution in [2.75, 3.05) is 0 Å². The van der Waals surface area contributed by atoms with E-state index in [1.54, 1.807) is 6.92 Å². The summed E-state index contributed by atoms with van der Waals surface area (Å²) in [5.74, 6) is 0.508. The van der Waals surface area contributed by atoms with E-state index in [1.807, 2.05) is 6.07 Å². The molecular weight excluding hydrogens is 212 g/mol. The van der Waals surface area contributed by atoms with Gasteiger partial charge in [0.05, 0.1) is 12.1 Å². The zero-order chi connectivity index (χ0) is 12.4. The average Bonchev–Trinajstić information content (AvgIpc) is 2.33. The molecule has 0 aliphatic heterocycles. The summed E-state index contributed by atoms with van der Waals surface area (Å²) in [5.41, 5.74) is 8.19. The van der Waals surface area contributed by atoms with Crippen LogP contribution in [0, 0.1) is 0 Å². The molecule has 3 atom stereocenters. The SMILES string of the molecule is CC1CCC(NC(=O)[C@@H](C)N)c2ccccc21. The Bertz CT molecular complexity index is 414. The summed E-state index contributed by atoms with van der Waals surface area (Å²) in [6, 6.07) is 8.04. The van der Waals surface area contributed by atoms with E-state index in [2.05, 4.69) is 30.4 Å². The van der Waals surface area contributed by atoms with Gasteiger partial charge in [-0.1, -0.05) is 31.2 Å². The summed E-state index contributed by atoms with van der Waals surface area (Å²) >= 11 is 0. The molecule has 0 radical (unpaired) electrons. The first-order valence-corrected chi connectivity index (χ1v) is 6.24. The fourth-order valence-electron chi connectivity index (χ4n) is 2.46. The highest BCUT2D eigenvalue weighted by Crippen LogP contribution is 2.36. The molecule has 92 valence electrons. The van der Waals surface area contributed by atoms with Crippen molar-refractivity contribution in [1.82, 2.24) is 5.32 Å². The van der Waals surface area contributed by atoms with Crippen molar-refractivity contribution >= 4 is 5.91 Å². The number of hydrogen-bond acceptors (Lipinski definition) is 2. The van der Waals surface area contributed by atoms with Gasteiger partial charge in [0, 0.05) is 0 Å². The summed E-state index contributed by atoms with van der Waals surface area (Å²) < 4.78 is 0. The summed E-state index contributed by atoms with van der Waals surface area (Å²) in [6.07, 6.45) is 2.11. The van der Waals surface area contributed by atoms with Gasteiger partial charge in [-0.3, -0.25) is 4.79 Å². The van der Waals surface area contributed by atoms with Crippen LogP contribution < -0.4 is 11.1 Å². The van der Waals surface area contributed by atoms with E-state index in [1.165, 1.54) is 11.1 Å². The van der Waals surface area contributed by atoms with Crippen molar-refractivity contribution in [1.29, 1.82) is 0 Å². The number of benzene rings is 1. The minimum atomic E-state index is -0.443. The maximum atomic E-state index is 11.7. The van der Waals surface area contributed by atoms with E-state index in [0.717, 1.165) is 12.8 Å². The first-order valence-electron chi connectivity index (χ1n) is 6.24. The zero-order valence-corrected chi connectivity index (χ0v) is 10.4. The summed E-state index contributed by atoms with van der Waals surface area (Å²) in [6.45, 7) is 3.95. The van der Waals surface area contributed by atoms with E-state index >= 15 is 0 Å². The molecule has 17 heavy (non-hydrogen) atoms. The number of carbonyl (C=O) groups is 1. The molecule has 0 aromatic heterocycles. The van der Waals surface area contributed by atoms with E-state index in [0.29, 0.717) is 5.92 Å². The third kappa shape index (κ3) is 2.50. The predicted octanol–water partition coefficient (Wildman–Crippen LogP) is 2.09. The van der Waals surface area contributed by atoms with Gasteiger partial charge in [0.25, 0.3) is 0 Å². The molecule has 0 saturated carbocycles. The van der Waals surface area contributed by atoms with Gasteiger partial charge < -0.3 is 11.1 Å². The Labute approximate surface area is 102 Å². The molecule has 1 aliphatic rings. The summed E-state index contributed by atoms with van der Waals surface area (Å²) in [4.78, 5) is 11.7. The summed E-state index contributed by atoms with van der Waals surface area (Å²) in [7, 11) is 0. The Morgan fingerprint density at radius 1 is 1.35 bits per heavy atom. The van der Waals surface area contributed by atoms with E-state index in [4.69, 9.17) is 5.73 Å². The lowest BCUT2D eigenvalue weighted by Gasteiger charge is -2.30. The Morgan fingerprint density at radius 2 is 2.00 bits per heavy atom. The third-order valence-electron chi connectivity index (χ3n) is 3.52. The number of amides is 1. The maximum absolute atomic E-state index is 11.7. The smallest absolute Gasteiger partial charge is 0.237 e. The van der Waals surface area contributed by atoms with Crippen molar-refractivity contribution in [3.05, 3.63) is 35.4 Å². The third-order valence-corrected chi connectivity index (χ3v) is 3.52. The second-order valence-electron chi connectivity index (χ2n) is 4.96. The lowest BCUT2D eigenvalue weighted by atomic mass is 9.81. The van der Waals surface area contributed by atoms with Gasteiger partial charge in [-0.2, -0.15) is 0 Å². The van der Waals surface area contributed by atoms with E-state index in [-0.39, 0.29) is 11.9 Å². The maximum Gasteiger partial charge on any atom is 0.237 e. The molecule has 2 unspecified atom stereocenters. The first kappa shape index (κ1) is 12.1. The quantitative estimate of drug-likeness (QED) is 0.820. The van der Waals surface area contributed by atoms with Crippen LogP contribution in [-0.2, 0) is 4.79 Å². The van der Waals surface area contributed by atoms with E-state index < -0.39 is 6.04 Å². The molecule has 1 amide bonds. The topological polar surface area (TPSA) is 55.1 Å². The van der Waals surface area contributed by atoms with Gasteiger partial charge in [-0.25, -0.2) is 0 Å². The predicted molar refractivity (Wildman–Crippen MR) is 68.6 cm³/mol. The standard InChI is InChI=1S/C14H20N2O/c1-9-7-8-13(16-14(17)10(2)15)12-6-4-3-5-11(9)12/h3-6,9-10,13H,7-8,15H2,1-2H3,(H,16,17)/t9?,10-,13?/m1/s1. The van der Waals surface area contributed by atoms with Gasteiger partial charge >= 0.3 is 0 Å². The number of carbonyl (C=O) groups excluding carboxylic acids is 1. The van der Waals surface area contributed by atoms with Crippen molar-refractivity contribution in [2.24, 2.45) is 5.73 Å². The van der Waals surface area contributed by atoms with E-state index in [9.17, 15) is 4.79 Å². The van der Waals surface area contributed by atoms with Crippen molar-refractivity contribution in [2.45, 2.75) is 44.7 Å². The average molecular weight is 232 g/mol. The van der Waals surface area contributed by atoms with Crippen molar-refractivity contribution < 1.29 is 4.79 Å². The normalized spacial score (nSPS) is 24.9. The molecular formula is C14H20N2O. The number of rotatable bonds is 2. The number of fused-ring (bicyclic) bond motifs is 1. The molecule has 2 rings (SSSR count). The fraction of sp³-hybridized carbons (Fsp3) is 0.500. The Kier molecular flexibility index (Phi) is 3.48. The second-order valence-corrected chi connectivity index (χ2v) is 4.96. The molecule has 3 nitrogen and oxygen atoms in total. The van der Waals surface area contributed by atoms with Crippen LogP contribution in [0.25, 0.3) is 0 Å². The van der Waals surface area contributed by atoms with Crippen LogP contribution in [0.2, 0.25) is 0 Å². The molecule has 3 N–H and O–H groups in total. The van der Waals surface area contributed by atoms with Crippen LogP contribution in [0.1, 0.15) is 49.8 Å². The largest absolute Gasteiger partial charge is 0.348 e. The minimum Gasteiger partial charge on any atom is -0.348 e. The van der Waals surface area contributed by atoms with Crippen LogP contribution >= 0.6 is 0 Å². The van der Waals surface area contributed by atoms with Crippen LogP contribution in [-0.4, -0.2) is 11.9 Å². The van der Waals surface area contributed by atoms with Gasteiger partial charge in [0.1, 0.15) is 0 Å². The van der Waals surface area contributed by atoms with Crippen molar-refractivity contribution in [3.63, 3.8) is 0 Å². The molecule has 0 fully saturated rings. The highest BCUT2D eigenvalue weighted by atomic mass is 16.2. The highest BCUT2D eigenvalue weighted by Gasteiger charge is 2.25. The monoisotopic (exact) mass is 232 g/mol. The second kappa shape index (κ2) is 4.88. The van der Waals surface area contributed by atoms with Crippen molar-refractivity contribution in [3.8, 4) is 0 Å². The van der Waals surface area contributed by atoms with Crippen LogP contribution in [0.15, 0.2) is 24.3 Å². The summed E-state index contributed by atoms with van der Waals surface area (Å²) in [5, 5.41) is 3.03. The lowest BCUT2D eigenvalue weighted by molar-refractivity contribution is -0.122. The van der Waals surface area contributed by atoms with Crippen LogP contribution in [0.5, 0.6) is 0 Å². The van der Waals surface area contributed by atoms with Gasteiger partial charge in [-0.05, 0) is 36.8 Å². The Morgan fingerprint density at radius 3 is 2.65 bits per heavy atom. The Hall–Kier alpha value is -1.35. The van der Waals surface area contributed by atoms with Crippen LogP contribution in [0.4, 0.5) is 0 Å². The van der Waals surface area contributed by atoms with Gasteiger partial charge in [-0.15, -0.1) is 0 Å². The zero-order valence-electron chi connectivity index (χ0n) is 10.4. The molecule has 0 heterocycles. The fourth-order valence-corrected chi connectivity index (χ4v) is 2.46. The van der Waals surface area contributed by atoms with Gasteiger partial charge in [0.15, 0.2) is 0 Å². The molecule has 0 bridgehead atoms. The molecule has 0 saturated heterocycles. The molecule has 0 spiro atoms. The van der Waals surface area contributed by atoms with Crippen LogP contribution in [0.3, 0.4) is 0 Å². The number of nitrogens with one attached hydrogen (secondary N) is 1. The molecule has 1 aromatic carbocycles. The Balaban J connectivity index is 2.21.